The molecule has 0 heterocycles. The van der Waals surface area contributed by atoms with Gasteiger partial charge in [-0.25, -0.2) is 4.79 Å². The zero-order valence-corrected chi connectivity index (χ0v) is 13.4. The van der Waals surface area contributed by atoms with E-state index in [4.69, 9.17) is 18.9 Å². The summed E-state index contributed by atoms with van der Waals surface area (Å²) in [6.45, 7) is 0. The molecule has 0 saturated heterocycles. The average molecular weight is 318 g/mol. The number of carbonyl (C=O) groups excluding carboxylic acids is 1. The molecule has 0 spiro atoms. The minimum absolute atomic E-state index is 0.0263. The van der Waals surface area contributed by atoms with Crippen LogP contribution >= 0.6 is 0 Å². The van der Waals surface area contributed by atoms with E-state index in [9.17, 15) is 9.90 Å². The highest BCUT2D eigenvalue weighted by molar-refractivity contribution is 5.98. The van der Waals surface area contributed by atoms with E-state index in [0.717, 1.165) is 0 Å². The number of hydrogen-bond donors (Lipinski definition) is 1. The van der Waals surface area contributed by atoms with E-state index in [1.807, 2.05) is 0 Å². The summed E-state index contributed by atoms with van der Waals surface area (Å²) in [5, 5.41) is 9.64. The number of aromatic hydroxyl groups is 1. The third-order valence-corrected chi connectivity index (χ3v) is 3.38. The minimum atomic E-state index is -0.551. The van der Waals surface area contributed by atoms with Crippen molar-refractivity contribution in [3.63, 3.8) is 0 Å². The second-order valence-corrected chi connectivity index (χ2v) is 4.64. The predicted molar refractivity (Wildman–Crippen MR) is 84.5 cm³/mol. The van der Waals surface area contributed by atoms with Crippen LogP contribution in [0.1, 0.15) is 10.4 Å². The van der Waals surface area contributed by atoms with Crippen LogP contribution in [0.25, 0.3) is 11.1 Å². The number of ether oxygens (including phenoxy) is 4. The van der Waals surface area contributed by atoms with E-state index in [1.165, 1.54) is 40.6 Å². The fraction of sp³-hybridized carbons (Fsp3) is 0.235. The van der Waals surface area contributed by atoms with Crippen molar-refractivity contribution in [1.29, 1.82) is 0 Å². The van der Waals surface area contributed by atoms with Gasteiger partial charge in [0.15, 0.2) is 11.5 Å². The minimum Gasteiger partial charge on any atom is -0.508 e. The summed E-state index contributed by atoms with van der Waals surface area (Å²) in [4.78, 5) is 12.0. The Labute approximate surface area is 134 Å². The predicted octanol–water partition coefficient (Wildman–Crippen LogP) is 2.87. The molecule has 0 saturated carbocycles. The average Bonchev–Trinajstić information content (AvgIpc) is 2.59. The van der Waals surface area contributed by atoms with Crippen LogP contribution in [0.3, 0.4) is 0 Å². The Bertz CT molecular complexity index is 698. The van der Waals surface area contributed by atoms with Crippen LogP contribution in [0.5, 0.6) is 23.0 Å². The van der Waals surface area contributed by atoms with Crippen molar-refractivity contribution in [2.24, 2.45) is 0 Å². The van der Waals surface area contributed by atoms with Crippen molar-refractivity contribution in [3.05, 3.63) is 35.9 Å². The lowest BCUT2D eigenvalue weighted by molar-refractivity contribution is 0.0601. The molecule has 2 rings (SSSR count). The van der Waals surface area contributed by atoms with Crippen LogP contribution in [-0.2, 0) is 4.74 Å². The molecule has 0 amide bonds. The Kier molecular flexibility index (Phi) is 4.95. The lowest BCUT2D eigenvalue weighted by Gasteiger charge is -2.15. The van der Waals surface area contributed by atoms with Gasteiger partial charge in [-0.2, -0.15) is 0 Å². The standard InChI is InChI=1S/C17H18O6/c1-20-14-7-10(8-15(21-2)16(14)22-3)12-6-5-11(18)9-13(12)17(19)23-4/h5-9,18H,1-4H3. The van der Waals surface area contributed by atoms with Crippen LogP contribution in [0, 0.1) is 0 Å². The molecule has 0 aliphatic carbocycles. The van der Waals surface area contributed by atoms with Gasteiger partial charge in [0.25, 0.3) is 0 Å². The van der Waals surface area contributed by atoms with Gasteiger partial charge < -0.3 is 24.1 Å². The summed E-state index contributed by atoms with van der Waals surface area (Å²) < 4.78 is 20.7. The molecule has 0 unspecified atom stereocenters. The van der Waals surface area contributed by atoms with E-state index in [2.05, 4.69) is 0 Å². The summed E-state index contributed by atoms with van der Waals surface area (Å²) in [5.41, 5.74) is 1.48. The van der Waals surface area contributed by atoms with Crippen LogP contribution in [0.15, 0.2) is 30.3 Å². The maximum Gasteiger partial charge on any atom is 0.338 e. The van der Waals surface area contributed by atoms with Gasteiger partial charge >= 0.3 is 5.97 Å². The molecule has 2 aromatic rings. The number of phenolic OH excluding ortho intramolecular Hbond substituents is 1. The van der Waals surface area contributed by atoms with Gasteiger partial charge in [0, 0.05) is 0 Å². The molecule has 6 heteroatoms. The summed E-state index contributed by atoms with van der Waals surface area (Å²) in [6.07, 6.45) is 0. The number of carbonyl (C=O) groups is 1. The molecule has 0 aliphatic heterocycles. The maximum absolute atomic E-state index is 12.0. The second-order valence-electron chi connectivity index (χ2n) is 4.64. The van der Waals surface area contributed by atoms with Crippen molar-refractivity contribution in [1.82, 2.24) is 0 Å². The Hall–Kier alpha value is -2.89. The maximum atomic E-state index is 12.0. The van der Waals surface area contributed by atoms with Crippen LogP contribution in [0.2, 0.25) is 0 Å². The molecule has 23 heavy (non-hydrogen) atoms. The second kappa shape index (κ2) is 6.91. The first-order valence-electron chi connectivity index (χ1n) is 6.77. The van der Waals surface area contributed by atoms with E-state index >= 15 is 0 Å². The van der Waals surface area contributed by atoms with E-state index in [-0.39, 0.29) is 11.3 Å². The fourth-order valence-electron chi connectivity index (χ4n) is 2.30. The molecule has 0 atom stereocenters. The highest BCUT2D eigenvalue weighted by Crippen LogP contribution is 2.42. The summed E-state index contributed by atoms with van der Waals surface area (Å²) in [6, 6.07) is 7.91. The van der Waals surface area contributed by atoms with Crippen molar-refractivity contribution < 1.29 is 28.8 Å². The van der Waals surface area contributed by atoms with Crippen molar-refractivity contribution in [2.75, 3.05) is 28.4 Å². The molecular weight excluding hydrogens is 300 g/mol. The van der Waals surface area contributed by atoms with E-state index in [0.29, 0.717) is 28.4 Å². The van der Waals surface area contributed by atoms with Gasteiger partial charge in [0.05, 0.1) is 34.0 Å². The Morgan fingerprint density at radius 2 is 1.52 bits per heavy atom. The lowest BCUT2D eigenvalue weighted by Crippen LogP contribution is -2.04. The van der Waals surface area contributed by atoms with Gasteiger partial charge in [0.1, 0.15) is 5.75 Å². The normalized spacial score (nSPS) is 10.1. The van der Waals surface area contributed by atoms with Gasteiger partial charge in [-0.05, 0) is 41.5 Å². The van der Waals surface area contributed by atoms with E-state index < -0.39 is 5.97 Å². The van der Waals surface area contributed by atoms with Crippen LogP contribution in [-0.4, -0.2) is 39.5 Å². The molecule has 0 radical (unpaired) electrons. The molecule has 0 aromatic heterocycles. The first-order chi connectivity index (χ1) is 11.0. The molecule has 2 aromatic carbocycles. The quantitative estimate of drug-likeness (QED) is 0.855. The Balaban J connectivity index is 2.69. The topological polar surface area (TPSA) is 74.2 Å². The highest BCUT2D eigenvalue weighted by atomic mass is 16.5. The third-order valence-electron chi connectivity index (χ3n) is 3.38. The molecule has 1 N–H and O–H groups in total. The number of rotatable bonds is 5. The van der Waals surface area contributed by atoms with Gasteiger partial charge in [0.2, 0.25) is 5.75 Å². The number of methoxy groups -OCH3 is 4. The summed E-state index contributed by atoms with van der Waals surface area (Å²) in [5.74, 6) is 0.805. The Morgan fingerprint density at radius 1 is 0.913 bits per heavy atom. The summed E-state index contributed by atoms with van der Waals surface area (Å²) in [7, 11) is 5.82. The van der Waals surface area contributed by atoms with Crippen molar-refractivity contribution in [2.45, 2.75) is 0 Å². The van der Waals surface area contributed by atoms with Gasteiger partial charge in [-0.15, -0.1) is 0 Å². The number of phenols is 1. The fourth-order valence-corrected chi connectivity index (χ4v) is 2.30. The van der Waals surface area contributed by atoms with E-state index in [1.54, 1.807) is 18.2 Å². The molecule has 6 nitrogen and oxygen atoms in total. The van der Waals surface area contributed by atoms with Gasteiger partial charge in [-0.1, -0.05) is 0 Å². The first kappa shape index (κ1) is 16.5. The van der Waals surface area contributed by atoms with Crippen molar-refractivity contribution in [3.8, 4) is 34.1 Å². The highest BCUT2D eigenvalue weighted by Gasteiger charge is 2.19. The first-order valence-corrected chi connectivity index (χ1v) is 6.77. The molecule has 0 aliphatic rings. The largest absolute Gasteiger partial charge is 0.508 e. The SMILES string of the molecule is COC(=O)c1cc(O)ccc1-c1cc(OC)c(OC)c(OC)c1. The van der Waals surface area contributed by atoms with Crippen LogP contribution < -0.4 is 14.2 Å². The number of esters is 1. The van der Waals surface area contributed by atoms with Gasteiger partial charge in [-0.3, -0.25) is 0 Å². The smallest absolute Gasteiger partial charge is 0.338 e. The molecule has 122 valence electrons. The van der Waals surface area contributed by atoms with Crippen LogP contribution in [0.4, 0.5) is 0 Å². The van der Waals surface area contributed by atoms with Crippen molar-refractivity contribution >= 4 is 5.97 Å². The monoisotopic (exact) mass is 318 g/mol. The number of hydrogen-bond acceptors (Lipinski definition) is 6. The molecule has 0 fully saturated rings. The number of benzene rings is 2. The molecule has 0 bridgehead atoms. The Morgan fingerprint density at radius 3 is 2.00 bits per heavy atom. The zero-order chi connectivity index (χ0) is 17.0. The summed E-state index contributed by atoms with van der Waals surface area (Å²) >= 11 is 0. The lowest BCUT2D eigenvalue weighted by atomic mass is 9.98. The molecular formula is C17H18O6. The third kappa shape index (κ3) is 3.15. The zero-order valence-electron chi connectivity index (χ0n) is 13.4.